The molecule has 0 radical (unpaired) electrons. The Balaban J connectivity index is 2.12. The first-order chi connectivity index (χ1) is 15.7. The van der Waals surface area contributed by atoms with Gasteiger partial charge in [-0.15, -0.1) is 0 Å². The molecular weight excluding hydrogens is 404 g/mol. The number of carbonyl (C=O) groups excluding carboxylic acids is 3. The third-order valence-corrected chi connectivity index (χ3v) is 5.11. The van der Waals surface area contributed by atoms with E-state index in [1.165, 1.54) is 0 Å². The maximum Gasteiger partial charge on any atom is 0.321 e. The number of rotatable bonds is 14. The van der Waals surface area contributed by atoms with E-state index in [0.717, 1.165) is 43.1 Å². The topological polar surface area (TPSA) is 69.7 Å². The second kappa shape index (κ2) is 14.7. The van der Waals surface area contributed by atoms with Crippen LogP contribution in [-0.4, -0.2) is 18.2 Å². The van der Waals surface area contributed by atoms with Gasteiger partial charge in [0.2, 0.25) is 0 Å². The summed E-state index contributed by atoms with van der Waals surface area (Å²) >= 11 is 0. The van der Waals surface area contributed by atoms with E-state index in [0.29, 0.717) is 0 Å². The molecule has 0 N–H and O–H groups in total. The van der Waals surface area contributed by atoms with Gasteiger partial charge in [0.1, 0.15) is 19.5 Å². The Hall–Kier alpha value is -3.21. The maximum atomic E-state index is 12.9. The Kier molecular flexibility index (Phi) is 11.5. The molecule has 32 heavy (non-hydrogen) atoms. The van der Waals surface area contributed by atoms with Crippen LogP contribution in [0.5, 0.6) is 0 Å². The molecule has 0 saturated heterocycles. The molecule has 5 heteroatoms. The second-order valence-corrected chi connectivity index (χ2v) is 7.65. The first kappa shape index (κ1) is 25.1. The summed E-state index contributed by atoms with van der Waals surface area (Å²) in [6.45, 7) is 2.23. The zero-order valence-corrected chi connectivity index (χ0v) is 18.7. The molecule has 0 aliphatic heterocycles. The lowest BCUT2D eigenvalue weighted by atomic mass is 9.89. The van der Waals surface area contributed by atoms with Gasteiger partial charge in [0.25, 0.3) is 0 Å². The van der Waals surface area contributed by atoms with Gasteiger partial charge in [-0.05, 0) is 24.0 Å². The van der Waals surface area contributed by atoms with Crippen molar-refractivity contribution in [2.45, 2.75) is 52.2 Å². The van der Waals surface area contributed by atoms with Crippen molar-refractivity contribution >= 4 is 18.2 Å². The van der Waals surface area contributed by atoms with Crippen molar-refractivity contribution in [3.63, 3.8) is 0 Å². The first-order valence-corrected chi connectivity index (χ1v) is 11.2. The lowest BCUT2D eigenvalue weighted by molar-refractivity contribution is -0.165. The highest BCUT2D eigenvalue weighted by atomic mass is 16.6. The summed E-state index contributed by atoms with van der Waals surface area (Å²) < 4.78 is 10.9. The molecule has 0 aliphatic rings. The van der Waals surface area contributed by atoms with Crippen LogP contribution in [-0.2, 0) is 37.1 Å². The normalized spacial score (nSPS) is 11.9. The molecule has 0 aliphatic carbocycles. The van der Waals surface area contributed by atoms with E-state index in [4.69, 9.17) is 9.47 Å². The molecule has 2 aromatic rings. The summed E-state index contributed by atoms with van der Waals surface area (Å²) in [4.78, 5) is 37.2. The SMILES string of the molecule is CCCCC/C=C/[C@@H](CC=O)C(C(=O)OCc1ccccc1)C(=O)OCc1ccccc1. The van der Waals surface area contributed by atoms with Crippen molar-refractivity contribution in [3.05, 3.63) is 83.9 Å². The minimum absolute atomic E-state index is 0.0375. The van der Waals surface area contributed by atoms with Crippen LogP contribution in [0.3, 0.4) is 0 Å². The highest BCUT2D eigenvalue weighted by Crippen LogP contribution is 2.23. The van der Waals surface area contributed by atoms with E-state index in [1.807, 2.05) is 66.7 Å². The number of hydrogen-bond donors (Lipinski definition) is 0. The summed E-state index contributed by atoms with van der Waals surface area (Å²) in [6.07, 6.45) is 8.53. The number of allylic oxidation sites excluding steroid dienone is 2. The van der Waals surface area contributed by atoms with Crippen molar-refractivity contribution in [2.24, 2.45) is 11.8 Å². The quantitative estimate of drug-likeness (QED) is 0.130. The Bertz CT molecular complexity index is 789. The van der Waals surface area contributed by atoms with Gasteiger partial charge in [-0.1, -0.05) is 92.6 Å². The molecule has 0 saturated carbocycles. The van der Waals surface area contributed by atoms with Crippen LogP contribution in [0, 0.1) is 11.8 Å². The Morgan fingerprint density at radius 3 is 1.84 bits per heavy atom. The second-order valence-electron chi connectivity index (χ2n) is 7.65. The van der Waals surface area contributed by atoms with Crippen molar-refractivity contribution in [2.75, 3.05) is 0 Å². The fourth-order valence-electron chi connectivity index (χ4n) is 3.30. The van der Waals surface area contributed by atoms with Gasteiger partial charge in [-0.2, -0.15) is 0 Å². The van der Waals surface area contributed by atoms with Crippen LogP contribution in [0.1, 0.15) is 50.2 Å². The zero-order chi connectivity index (χ0) is 23.0. The highest BCUT2D eigenvalue weighted by Gasteiger charge is 2.36. The Morgan fingerprint density at radius 1 is 0.844 bits per heavy atom. The summed E-state index contributed by atoms with van der Waals surface area (Å²) in [5, 5.41) is 0. The average Bonchev–Trinajstić information content (AvgIpc) is 2.82. The molecule has 5 nitrogen and oxygen atoms in total. The van der Waals surface area contributed by atoms with E-state index >= 15 is 0 Å². The average molecular weight is 437 g/mol. The molecule has 2 rings (SSSR count). The van der Waals surface area contributed by atoms with E-state index in [9.17, 15) is 14.4 Å². The number of esters is 2. The number of aldehydes is 1. The van der Waals surface area contributed by atoms with Crippen LogP contribution in [0.25, 0.3) is 0 Å². The summed E-state index contributed by atoms with van der Waals surface area (Å²) in [5.41, 5.74) is 1.64. The number of hydrogen-bond acceptors (Lipinski definition) is 5. The lowest BCUT2D eigenvalue weighted by Gasteiger charge is -2.21. The number of unbranched alkanes of at least 4 members (excludes halogenated alkanes) is 3. The van der Waals surface area contributed by atoms with E-state index in [1.54, 1.807) is 6.08 Å². The van der Waals surface area contributed by atoms with Crippen molar-refractivity contribution in [1.29, 1.82) is 0 Å². The smallest absolute Gasteiger partial charge is 0.321 e. The molecule has 0 spiro atoms. The summed E-state index contributed by atoms with van der Waals surface area (Å²) in [7, 11) is 0. The van der Waals surface area contributed by atoms with Crippen molar-refractivity contribution < 1.29 is 23.9 Å². The van der Waals surface area contributed by atoms with E-state index < -0.39 is 23.8 Å². The van der Waals surface area contributed by atoms with Gasteiger partial charge in [0.05, 0.1) is 0 Å². The summed E-state index contributed by atoms with van der Waals surface area (Å²) in [6, 6.07) is 18.5. The maximum absolute atomic E-state index is 12.9. The standard InChI is InChI=1S/C27H32O5/c1-2-3-4-5-12-17-24(18-19-28)25(26(29)31-20-22-13-8-6-9-14-22)27(30)32-21-23-15-10-7-11-16-23/h6-17,19,24-25H,2-5,18,20-21H2,1H3/b17-12+/t24-/m0/s1. The van der Waals surface area contributed by atoms with Crippen molar-refractivity contribution in [3.8, 4) is 0 Å². The fourth-order valence-corrected chi connectivity index (χ4v) is 3.30. The zero-order valence-electron chi connectivity index (χ0n) is 18.7. The molecule has 0 heterocycles. The third-order valence-electron chi connectivity index (χ3n) is 5.11. The van der Waals surface area contributed by atoms with E-state index in [2.05, 4.69) is 6.92 Å². The first-order valence-electron chi connectivity index (χ1n) is 11.2. The van der Waals surface area contributed by atoms with Crippen molar-refractivity contribution in [1.82, 2.24) is 0 Å². The number of benzene rings is 2. The van der Waals surface area contributed by atoms with Crippen LogP contribution >= 0.6 is 0 Å². The largest absolute Gasteiger partial charge is 0.460 e. The molecule has 0 fully saturated rings. The van der Waals surface area contributed by atoms with Gasteiger partial charge in [-0.25, -0.2) is 0 Å². The van der Waals surface area contributed by atoms with Gasteiger partial charge in [0.15, 0.2) is 5.92 Å². The number of ether oxygens (including phenoxy) is 2. The molecule has 0 aromatic heterocycles. The van der Waals surface area contributed by atoms with Crippen LogP contribution in [0.4, 0.5) is 0 Å². The Labute approximate surface area is 190 Å². The monoisotopic (exact) mass is 436 g/mol. The van der Waals surface area contributed by atoms with Gasteiger partial charge < -0.3 is 14.3 Å². The lowest BCUT2D eigenvalue weighted by Crippen LogP contribution is -2.34. The van der Waals surface area contributed by atoms with Gasteiger partial charge in [-0.3, -0.25) is 9.59 Å². The predicted molar refractivity (Wildman–Crippen MR) is 123 cm³/mol. The van der Waals surface area contributed by atoms with Gasteiger partial charge in [0, 0.05) is 12.3 Å². The molecule has 1 atom stereocenters. The highest BCUT2D eigenvalue weighted by molar-refractivity contribution is 5.95. The minimum atomic E-state index is -1.20. The van der Waals surface area contributed by atoms with Crippen LogP contribution in [0.2, 0.25) is 0 Å². The van der Waals surface area contributed by atoms with Crippen LogP contribution < -0.4 is 0 Å². The summed E-state index contributed by atoms with van der Waals surface area (Å²) in [5.74, 6) is -3.18. The van der Waals surface area contributed by atoms with Crippen LogP contribution in [0.15, 0.2) is 72.8 Å². The molecule has 0 bridgehead atoms. The van der Waals surface area contributed by atoms with Gasteiger partial charge >= 0.3 is 11.9 Å². The number of carbonyl (C=O) groups is 3. The molecule has 0 amide bonds. The molecule has 170 valence electrons. The molecular formula is C27H32O5. The third kappa shape index (κ3) is 8.88. The molecule has 0 unspecified atom stereocenters. The predicted octanol–water partition coefficient (Wildman–Crippen LogP) is 5.43. The molecule has 2 aromatic carbocycles. The fraction of sp³-hybridized carbons (Fsp3) is 0.370. The Morgan fingerprint density at radius 2 is 1.38 bits per heavy atom. The minimum Gasteiger partial charge on any atom is -0.460 e. The van der Waals surface area contributed by atoms with E-state index in [-0.39, 0.29) is 19.6 Å².